The molecule has 1 saturated heterocycles. The van der Waals surface area contributed by atoms with Crippen LogP contribution in [0, 0.1) is 11.2 Å². The third-order valence-electron chi connectivity index (χ3n) is 5.47. The van der Waals surface area contributed by atoms with E-state index in [0.717, 1.165) is 43.5 Å². The predicted molar refractivity (Wildman–Crippen MR) is 102 cm³/mol. The summed E-state index contributed by atoms with van der Waals surface area (Å²) >= 11 is 0. The molecular weight excluding hydrogens is 367 g/mol. The first kappa shape index (κ1) is 18.8. The number of halogens is 3. The van der Waals surface area contributed by atoms with Gasteiger partial charge in [-0.3, -0.25) is 0 Å². The first-order valence-corrected chi connectivity index (χ1v) is 9.34. The molecule has 2 aromatic heterocycles. The molecule has 0 aliphatic carbocycles. The topological polar surface area (TPSA) is 49.9 Å². The maximum absolute atomic E-state index is 14.1. The first-order chi connectivity index (χ1) is 13.5. The average Bonchev–Trinajstić information content (AvgIpc) is 3.11. The summed E-state index contributed by atoms with van der Waals surface area (Å²) in [7, 11) is 0. The minimum atomic E-state index is -2.84. The standard InChI is InChI=1S/C21H22F3N3O/c1-21(5-8-25-9-6-21)12-28-17-4-7-26-20-18(17)15(11-27-20)13-2-3-14(19(23)24)16(22)10-13/h2-4,7,10-11,19,25H,5-6,8-9,12H2,1H3,(H,26,27). The highest BCUT2D eigenvalue weighted by Gasteiger charge is 2.28. The van der Waals surface area contributed by atoms with Crippen molar-refractivity contribution in [3.63, 3.8) is 0 Å². The zero-order valence-corrected chi connectivity index (χ0v) is 15.6. The number of hydrogen-bond acceptors (Lipinski definition) is 3. The molecular formula is C21H22F3N3O. The second-order valence-corrected chi connectivity index (χ2v) is 7.62. The highest BCUT2D eigenvalue weighted by atomic mass is 19.3. The lowest BCUT2D eigenvalue weighted by atomic mass is 9.82. The first-order valence-electron chi connectivity index (χ1n) is 9.34. The van der Waals surface area contributed by atoms with E-state index >= 15 is 0 Å². The molecule has 0 radical (unpaired) electrons. The Hall–Kier alpha value is -2.54. The number of nitrogens with one attached hydrogen (secondary N) is 2. The molecule has 1 aliphatic heterocycles. The molecule has 0 amide bonds. The summed E-state index contributed by atoms with van der Waals surface area (Å²) in [6.45, 7) is 4.72. The van der Waals surface area contributed by atoms with Crippen LogP contribution in [-0.2, 0) is 0 Å². The fourth-order valence-corrected chi connectivity index (χ4v) is 3.67. The summed E-state index contributed by atoms with van der Waals surface area (Å²) in [5, 5.41) is 4.08. The lowest BCUT2D eigenvalue weighted by Crippen LogP contribution is -2.38. The third-order valence-corrected chi connectivity index (χ3v) is 5.47. The minimum absolute atomic E-state index is 0.0856. The van der Waals surface area contributed by atoms with Crippen LogP contribution in [0.4, 0.5) is 13.2 Å². The lowest BCUT2D eigenvalue weighted by molar-refractivity contribution is 0.124. The fraction of sp³-hybridized carbons (Fsp3) is 0.381. The van der Waals surface area contributed by atoms with Crippen molar-refractivity contribution in [3.05, 3.63) is 48.0 Å². The van der Waals surface area contributed by atoms with Gasteiger partial charge in [-0.1, -0.05) is 13.0 Å². The molecule has 2 N–H and O–H groups in total. The van der Waals surface area contributed by atoms with E-state index in [2.05, 4.69) is 22.2 Å². The Morgan fingerprint density at radius 3 is 2.71 bits per heavy atom. The second-order valence-electron chi connectivity index (χ2n) is 7.62. The van der Waals surface area contributed by atoms with E-state index in [4.69, 9.17) is 4.74 Å². The van der Waals surface area contributed by atoms with Crippen molar-refractivity contribution in [2.24, 2.45) is 5.41 Å². The lowest BCUT2D eigenvalue weighted by Gasteiger charge is -2.33. The van der Waals surface area contributed by atoms with Gasteiger partial charge in [-0.15, -0.1) is 0 Å². The molecule has 28 heavy (non-hydrogen) atoms. The number of rotatable bonds is 5. The molecule has 0 atom stereocenters. The summed E-state index contributed by atoms with van der Waals surface area (Å²) in [6, 6.07) is 5.54. The maximum Gasteiger partial charge on any atom is 0.266 e. The highest BCUT2D eigenvalue weighted by Crippen LogP contribution is 2.37. The molecule has 7 heteroatoms. The van der Waals surface area contributed by atoms with Gasteiger partial charge in [0, 0.05) is 23.4 Å². The fourth-order valence-electron chi connectivity index (χ4n) is 3.67. The van der Waals surface area contributed by atoms with Crippen LogP contribution in [0.1, 0.15) is 31.8 Å². The SMILES string of the molecule is CC1(COc2ccnc3[nH]cc(-c4ccc(C(F)F)c(F)c4)c23)CCNCC1. The van der Waals surface area contributed by atoms with E-state index in [1.54, 1.807) is 18.5 Å². The number of pyridine rings is 1. The van der Waals surface area contributed by atoms with Gasteiger partial charge in [-0.2, -0.15) is 0 Å². The van der Waals surface area contributed by atoms with E-state index in [0.29, 0.717) is 29.1 Å². The van der Waals surface area contributed by atoms with E-state index in [-0.39, 0.29) is 5.41 Å². The summed E-state index contributed by atoms with van der Waals surface area (Å²) in [6.07, 6.45) is 2.57. The Morgan fingerprint density at radius 2 is 2.00 bits per heavy atom. The summed E-state index contributed by atoms with van der Waals surface area (Å²) in [5.41, 5.74) is 1.27. The number of ether oxygens (including phenoxy) is 1. The predicted octanol–water partition coefficient (Wildman–Crippen LogP) is 5.08. The highest BCUT2D eigenvalue weighted by molar-refractivity contribution is 5.98. The van der Waals surface area contributed by atoms with Crippen molar-refractivity contribution in [2.45, 2.75) is 26.2 Å². The number of nitrogens with zero attached hydrogens (tertiary/aromatic N) is 1. The van der Waals surface area contributed by atoms with Crippen molar-refractivity contribution >= 4 is 11.0 Å². The van der Waals surface area contributed by atoms with Crippen molar-refractivity contribution in [1.29, 1.82) is 0 Å². The molecule has 0 spiro atoms. The molecule has 1 fully saturated rings. The number of alkyl halides is 2. The Morgan fingerprint density at radius 1 is 1.21 bits per heavy atom. The quantitative estimate of drug-likeness (QED) is 0.640. The van der Waals surface area contributed by atoms with Crippen LogP contribution in [0.5, 0.6) is 5.75 Å². The smallest absolute Gasteiger partial charge is 0.266 e. The van der Waals surface area contributed by atoms with Crippen LogP contribution < -0.4 is 10.1 Å². The van der Waals surface area contributed by atoms with Crippen LogP contribution in [-0.4, -0.2) is 29.7 Å². The van der Waals surface area contributed by atoms with Gasteiger partial charge in [0.15, 0.2) is 0 Å². The van der Waals surface area contributed by atoms with Crippen molar-refractivity contribution < 1.29 is 17.9 Å². The molecule has 148 valence electrons. The van der Waals surface area contributed by atoms with Gasteiger partial charge >= 0.3 is 0 Å². The van der Waals surface area contributed by atoms with Crippen molar-refractivity contribution in [2.75, 3.05) is 19.7 Å². The normalized spacial score (nSPS) is 16.6. The van der Waals surface area contributed by atoms with Gasteiger partial charge in [0.1, 0.15) is 17.2 Å². The Bertz CT molecular complexity index is 980. The number of hydrogen-bond donors (Lipinski definition) is 2. The second kappa shape index (κ2) is 7.47. The zero-order chi connectivity index (χ0) is 19.7. The number of benzene rings is 1. The van der Waals surface area contributed by atoms with E-state index in [9.17, 15) is 13.2 Å². The van der Waals surface area contributed by atoms with Crippen LogP contribution >= 0.6 is 0 Å². The molecule has 3 aromatic rings. The van der Waals surface area contributed by atoms with Crippen molar-refractivity contribution in [3.8, 4) is 16.9 Å². The molecule has 1 aromatic carbocycles. The molecule has 4 nitrogen and oxygen atoms in total. The largest absolute Gasteiger partial charge is 0.492 e. The monoisotopic (exact) mass is 389 g/mol. The molecule has 1 aliphatic rings. The molecule has 0 unspecified atom stereocenters. The Labute approximate surface area is 161 Å². The summed E-state index contributed by atoms with van der Waals surface area (Å²) in [4.78, 5) is 7.37. The van der Waals surface area contributed by atoms with Crippen molar-refractivity contribution in [1.82, 2.24) is 15.3 Å². The van der Waals surface area contributed by atoms with Gasteiger partial charge < -0.3 is 15.0 Å². The third kappa shape index (κ3) is 3.58. The van der Waals surface area contributed by atoms with E-state index < -0.39 is 17.8 Å². The van der Waals surface area contributed by atoms with Gasteiger partial charge in [-0.25, -0.2) is 18.2 Å². The Balaban J connectivity index is 1.68. The van der Waals surface area contributed by atoms with Crippen LogP contribution in [0.15, 0.2) is 36.7 Å². The van der Waals surface area contributed by atoms with Crippen LogP contribution in [0.3, 0.4) is 0 Å². The van der Waals surface area contributed by atoms with Gasteiger partial charge in [0.2, 0.25) is 0 Å². The van der Waals surface area contributed by atoms with Crippen LogP contribution in [0.25, 0.3) is 22.2 Å². The Kier molecular flexibility index (Phi) is 5.02. The number of aromatic nitrogens is 2. The molecule has 0 bridgehead atoms. The number of aromatic amines is 1. The van der Waals surface area contributed by atoms with Crippen LogP contribution in [0.2, 0.25) is 0 Å². The molecule has 0 saturated carbocycles. The van der Waals surface area contributed by atoms with E-state index in [1.165, 1.54) is 6.07 Å². The maximum atomic E-state index is 14.1. The molecule has 3 heterocycles. The zero-order valence-electron chi connectivity index (χ0n) is 15.6. The van der Waals surface area contributed by atoms with Gasteiger partial charge in [0.25, 0.3) is 6.43 Å². The summed E-state index contributed by atoms with van der Waals surface area (Å²) < 4.78 is 46.0. The van der Waals surface area contributed by atoms with Gasteiger partial charge in [-0.05, 0) is 49.7 Å². The minimum Gasteiger partial charge on any atom is -0.492 e. The van der Waals surface area contributed by atoms with E-state index in [1.807, 2.05) is 0 Å². The molecule has 4 rings (SSSR count). The summed E-state index contributed by atoms with van der Waals surface area (Å²) in [5.74, 6) is -0.269. The number of piperidine rings is 1. The number of H-pyrrole nitrogens is 1. The number of fused-ring (bicyclic) bond motifs is 1. The van der Waals surface area contributed by atoms with Gasteiger partial charge in [0.05, 0.1) is 17.6 Å². The average molecular weight is 389 g/mol.